The number of aromatic nitrogens is 2. The molecular formula is C21H20N4O2. The first-order valence-electron chi connectivity index (χ1n) is 9.02. The second-order valence-corrected chi connectivity index (χ2v) is 6.81. The average Bonchev–Trinajstić information content (AvgIpc) is 2.73. The van der Waals surface area contributed by atoms with E-state index >= 15 is 0 Å². The van der Waals surface area contributed by atoms with Crippen molar-refractivity contribution in [3.8, 4) is 11.3 Å². The molecule has 0 aliphatic carbocycles. The van der Waals surface area contributed by atoms with Crippen LogP contribution in [0.15, 0.2) is 54.9 Å². The molecule has 2 aromatic heterocycles. The lowest BCUT2D eigenvalue weighted by Crippen LogP contribution is -2.44. The topological polar surface area (TPSA) is 89.2 Å². The molecule has 0 radical (unpaired) electrons. The number of amides is 2. The minimum atomic E-state index is -0.344. The SMILES string of the molecule is NC(=O)C1CCCN(C(=O)c2cc(-c3cccnc3)nc3ccccc23)C1. The highest BCUT2D eigenvalue weighted by atomic mass is 16.2. The Morgan fingerprint density at radius 2 is 2.00 bits per heavy atom. The van der Waals surface area contributed by atoms with Gasteiger partial charge in [0.2, 0.25) is 5.91 Å². The summed E-state index contributed by atoms with van der Waals surface area (Å²) in [6, 6.07) is 13.2. The molecule has 1 saturated heterocycles. The van der Waals surface area contributed by atoms with Crippen LogP contribution < -0.4 is 5.73 Å². The molecule has 6 heteroatoms. The molecule has 6 nitrogen and oxygen atoms in total. The van der Waals surface area contributed by atoms with Gasteiger partial charge >= 0.3 is 0 Å². The summed E-state index contributed by atoms with van der Waals surface area (Å²) in [5.74, 6) is -0.721. The van der Waals surface area contributed by atoms with Crippen LogP contribution in [0.5, 0.6) is 0 Å². The van der Waals surface area contributed by atoms with Crippen molar-refractivity contribution in [1.29, 1.82) is 0 Å². The lowest BCUT2D eigenvalue weighted by atomic mass is 9.96. The smallest absolute Gasteiger partial charge is 0.254 e. The van der Waals surface area contributed by atoms with Gasteiger partial charge in [-0.2, -0.15) is 0 Å². The van der Waals surface area contributed by atoms with E-state index in [0.29, 0.717) is 24.3 Å². The average molecular weight is 360 g/mol. The van der Waals surface area contributed by atoms with Crippen molar-refractivity contribution in [2.24, 2.45) is 11.7 Å². The predicted octanol–water partition coefficient (Wildman–Crippen LogP) is 2.63. The number of para-hydroxylation sites is 1. The summed E-state index contributed by atoms with van der Waals surface area (Å²) in [7, 11) is 0. The van der Waals surface area contributed by atoms with Crippen molar-refractivity contribution >= 4 is 22.7 Å². The minimum absolute atomic E-state index is 0.0929. The van der Waals surface area contributed by atoms with Crippen LogP contribution in [0.3, 0.4) is 0 Å². The Morgan fingerprint density at radius 1 is 1.15 bits per heavy atom. The Hall–Kier alpha value is -3.28. The maximum Gasteiger partial charge on any atom is 0.254 e. The van der Waals surface area contributed by atoms with Crippen LogP contribution >= 0.6 is 0 Å². The third kappa shape index (κ3) is 3.38. The first kappa shape index (κ1) is 17.1. The number of hydrogen-bond acceptors (Lipinski definition) is 4. The number of benzene rings is 1. The largest absolute Gasteiger partial charge is 0.369 e. The summed E-state index contributed by atoms with van der Waals surface area (Å²) in [5.41, 5.74) is 8.36. The second-order valence-electron chi connectivity index (χ2n) is 6.81. The number of primary amides is 1. The normalized spacial score (nSPS) is 17.0. The number of likely N-dealkylation sites (tertiary alicyclic amines) is 1. The van der Waals surface area contributed by atoms with Crippen molar-refractivity contribution in [3.05, 3.63) is 60.4 Å². The van der Waals surface area contributed by atoms with Gasteiger partial charge in [-0.15, -0.1) is 0 Å². The van der Waals surface area contributed by atoms with Crippen LogP contribution in [-0.2, 0) is 4.79 Å². The van der Waals surface area contributed by atoms with Gasteiger partial charge in [0.15, 0.2) is 0 Å². The number of piperidine rings is 1. The van der Waals surface area contributed by atoms with Gasteiger partial charge in [-0.1, -0.05) is 18.2 Å². The number of carbonyl (C=O) groups excluding carboxylic acids is 2. The van der Waals surface area contributed by atoms with Crippen molar-refractivity contribution in [3.63, 3.8) is 0 Å². The van der Waals surface area contributed by atoms with Gasteiger partial charge in [-0.3, -0.25) is 14.6 Å². The van der Waals surface area contributed by atoms with Crippen molar-refractivity contribution < 1.29 is 9.59 Å². The maximum atomic E-state index is 13.3. The summed E-state index contributed by atoms with van der Waals surface area (Å²) in [6.07, 6.45) is 4.94. The van der Waals surface area contributed by atoms with Gasteiger partial charge in [-0.25, -0.2) is 4.98 Å². The molecule has 0 bridgehead atoms. The highest BCUT2D eigenvalue weighted by Crippen LogP contribution is 2.27. The zero-order valence-corrected chi connectivity index (χ0v) is 14.8. The fraction of sp³-hybridized carbons (Fsp3) is 0.238. The molecule has 136 valence electrons. The molecule has 0 spiro atoms. The molecule has 4 rings (SSSR count). The number of fused-ring (bicyclic) bond motifs is 1. The summed E-state index contributed by atoms with van der Waals surface area (Å²) in [6.45, 7) is 0.995. The standard InChI is InChI=1S/C21H20N4O2/c22-20(26)15-6-4-10-25(13-15)21(27)17-11-19(14-5-3-9-23-12-14)24-18-8-2-1-7-16(17)18/h1-3,5,7-9,11-12,15H,4,6,10,13H2,(H2,22,26). The summed E-state index contributed by atoms with van der Waals surface area (Å²) in [4.78, 5) is 35.4. The highest BCUT2D eigenvalue weighted by Gasteiger charge is 2.28. The third-order valence-electron chi connectivity index (χ3n) is 5.01. The number of nitrogens with two attached hydrogens (primary N) is 1. The Bertz CT molecular complexity index is 1000. The Kier molecular flexibility index (Phi) is 4.54. The van der Waals surface area contributed by atoms with E-state index < -0.39 is 0 Å². The van der Waals surface area contributed by atoms with Gasteiger partial charge in [0.1, 0.15) is 0 Å². The minimum Gasteiger partial charge on any atom is -0.369 e. The predicted molar refractivity (Wildman–Crippen MR) is 103 cm³/mol. The van der Waals surface area contributed by atoms with Gasteiger partial charge < -0.3 is 10.6 Å². The van der Waals surface area contributed by atoms with E-state index in [1.54, 1.807) is 17.3 Å². The van der Waals surface area contributed by atoms with E-state index in [9.17, 15) is 9.59 Å². The molecule has 1 unspecified atom stereocenters. The van der Waals surface area contributed by atoms with E-state index in [4.69, 9.17) is 10.7 Å². The molecule has 0 saturated carbocycles. The second kappa shape index (κ2) is 7.15. The molecule has 3 heterocycles. The lowest BCUT2D eigenvalue weighted by molar-refractivity contribution is -0.123. The van der Waals surface area contributed by atoms with Gasteiger partial charge in [0.25, 0.3) is 5.91 Å². The molecule has 2 amide bonds. The zero-order chi connectivity index (χ0) is 18.8. The Balaban J connectivity index is 1.78. The Labute approximate surface area is 157 Å². The van der Waals surface area contributed by atoms with Crippen molar-refractivity contribution in [1.82, 2.24) is 14.9 Å². The summed E-state index contributed by atoms with van der Waals surface area (Å²) < 4.78 is 0. The number of carbonyl (C=O) groups is 2. The fourth-order valence-electron chi connectivity index (χ4n) is 3.58. The Morgan fingerprint density at radius 3 is 2.78 bits per heavy atom. The molecule has 2 N–H and O–H groups in total. The molecular weight excluding hydrogens is 340 g/mol. The molecule has 1 aromatic carbocycles. The molecule has 1 aliphatic rings. The number of nitrogens with zero attached hydrogens (tertiary/aromatic N) is 3. The zero-order valence-electron chi connectivity index (χ0n) is 14.8. The van der Waals surface area contributed by atoms with Crippen molar-refractivity contribution in [2.45, 2.75) is 12.8 Å². The number of rotatable bonds is 3. The maximum absolute atomic E-state index is 13.3. The molecule has 1 atom stereocenters. The lowest BCUT2D eigenvalue weighted by Gasteiger charge is -2.31. The summed E-state index contributed by atoms with van der Waals surface area (Å²) in [5, 5.41) is 0.802. The molecule has 1 fully saturated rings. The van der Waals surface area contributed by atoms with Crippen LogP contribution in [0.25, 0.3) is 22.2 Å². The fourth-order valence-corrected chi connectivity index (χ4v) is 3.58. The molecule has 27 heavy (non-hydrogen) atoms. The van der Waals surface area contributed by atoms with Gasteiger partial charge in [-0.05, 0) is 37.1 Å². The number of hydrogen-bond donors (Lipinski definition) is 1. The van der Waals surface area contributed by atoms with Crippen molar-refractivity contribution in [2.75, 3.05) is 13.1 Å². The monoisotopic (exact) mass is 360 g/mol. The van der Waals surface area contributed by atoms with Crippen LogP contribution in [0.2, 0.25) is 0 Å². The first-order chi connectivity index (χ1) is 13.1. The van der Waals surface area contributed by atoms with E-state index in [-0.39, 0.29) is 17.7 Å². The van der Waals surface area contributed by atoms with E-state index in [0.717, 1.165) is 29.3 Å². The van der Waals surface area contributed by atoms with E-state index in [2.05, 4.69) is 4.98 Å². The van der Waals surface area contributed by atoms with Crippen LogP contribution in [-0.4, -0.2) is 39.8 Å². The van der Waals surface area contributed by atoms with Crippen LogP contribution in [0.1, 0.15) is 23.2 Å². The highest BCUT2D eigenvalue weighted by molar-refractivity contribution is 6.07. The third-order valence-corrected chi connectivity index (χ3v) is 5.01. The quantitative estimate of drug-likeness (QED) is 0.777. The summed E-state index contributed by atoms with van der Waals surface area (Å²) >= 11 is 0. The molecule has 3 aromatic rings. The van der Waals surface area contributed by atoms with Crippen LogP contribution in [0.4, 0.5) is 0 Å². The van der Waals surface area contributed by atoms with Gasteiger partial charge in [0.05, 0.1) is 22.7 Å². The van der Waals surface area contributed by atoms with E-state index in [1.807, 2.05) is 42.5 Å². The number of pyridine rings is 2. The van der Waals surface area contributed by atoms with Crippen LogP contribution in [0, 0.1) is 5.92 Å². The van der Waals surface area contributed by atoms with Gasteiger partial charge in [0, 0.05) is 36.4 Å². The first-order valence-corrected chi connectivity index (χ1v) is 9.02. The molecule has 1 aliphatic heterocycles. The van der Waals surface area contributed by atoms with E-state index in [1.165, 1.54) is 0 Å².